The summed E-state index contributed by atoms with van der Waals surface area (Å²) in [5.41, 5.74) is 9.14. The molecule has 0 spiro atoms. The van der Waals surface area contributed by atoms with Gasteiger partial charge in [-0.2, -0.15) is 0 Å². The van der Waals surface area contributed by atoms with Crippen LogP contribution in [0.3, 0.4) is 0 Å². The van der Waals surface area contributed by atoms with Crippen LogP contribution in [0.2, 0.25) is 0 Å². The molecular formula is C15H18N2. The van der Waals surface area contributed by atoms with Crippen molar-refractivity contribution in [2.75, 3.05) is 0 Å². The topological polar surface area (TPSA) is 41.8 Å². The Morgan fingerprint density at radius 1 is 1.12 bits per heavy atom. The molecule has 0 radical (unpaired) electrons. The molecule has 2 fully saturated rings. The third-order valence-electron chi connectivity index (χ3n) is 4.96. The smallest absolute Gasteiger partial charge is 0.0456 e. The molecule has 88 valence electrons. The van der Waals surface area contributed by atoms with Crippen molar-refractivity contribution >= 4 is 10.9 Å². The van der Waals surface area contributed by atoms with Gasteiger partial charge in [-0.15, -0.1) is 0 Å². The molecule has 0 saturated heterocycles. The Labute approximate surface area is 101 Å². The maximum absolute atomic E-state index is 6.43. The van der Waals surface area contributed by atoms with Crippen molar-refractivity contribution in [1.82, 2.24) is 4.98 Å². The van der Waals surface area contributed by atoms with E-state index >= 15 is 0 Å². The van der Waals surface area contributed by atoms with Gasteiger partial charge < -0.3 is 10.7 Å². The summed E-state index contributed by atoms with van der Waals surface area (Å²) in [5, 5.41) is 1.38. The van der Waals surface area contributed by atoms with E-state index in [9.17, 15) is 0 Å². The van der Waals surface area contributed by atoms with Crippen LogP contribution >= 0.6 is 0 Å². The molecule has 1 aromatic heterocycles. The predicted molar refractivity (Wildman–Crippen MR) is 69.8 cm³/mol. The van der Waals surface area contributed by atoms with E-state index in [0.717, 1.165) is 11.8 Å². The van der Waals surface area contributed by atoms with Crippen LogP contribution in [-0.4, -0.2) is 11.0 Å². The summed E-state index contributed by atoms with van der Waals surface area (Å²) in [6, 6.07) is 8.96. The maximum atomic E-state index is 6.43. The molecule has 3 N–H and O–H groups in total. The van der Waals surface area contributed by atoms with Crippen molar-refractivity contribution in [3.8, 4) is 0 Å². The minimum Gasteiger partial charge on any atom is -0.361 e. The number of fused-ring (bicyclic) bond motifs is 3. The minimum absolute atomic E-state index is 0.382. The van der Waals surface area contributed by atoms with Gasteiger partial charge in [0.2, 0.25) is 0 Å². The Kier molecular flexibility index (Phi) is 1.92. The zero-order valence-corrected chi connectivity index (χ0v) is 9.89. The van der Waals surface area contributed by atoms with Crippen LogP contribution in [-0.2, 0) is 0 Å². The molecule has 2 nitrogen and oxygen atoms in total. The van der Waals surface area contributed by atoms with Crippen LogP contribution < -0.4 is 5.73 Å². The number of benzene rings is 1. The number of aromatic nitrogens is 1. The van der Waals surface area contributed by atoms with Gasteiger partial charge in [-0.25, -0.2) is 0 Å². The van der Waals surface area contributed by atoms with Gasteiger partial charge in [0.05, 0.1) is 0 Å². The average molecular weight is 226 g/mol. The Morgan fingerprint density at radius 3 is 2.76 bits per heavy atom. The number of rotatable bonds is 1. The molecule has 2 aromatic rings. The lowest BCUT2D eigenvalue weighted by Gasteiger charge is -2.27. The third-order valence-corrected chi connectivity index (χ3v) is 4.96. The fourth-order valence-corrected chi connectivity index (χ4v) is 4.17. The number of nitrogens with one attached hydrogen (secondary N) is 1. The predicted octanol–water partition coefficient (Wildman–Crippen LogP) is 3.01. The first kappa shape index (κ1) is 9.72. The first-order valence-corrected chi connectivity index (χ1v) is 6.66. The van der Waals surface area contributed by atoms with Gasteiger partial charge in [-0.1, -0.05) is 18.2 Å². The van der Waals surface area contributed by atoms with Gasteiger partial charge in [-0.05, 0) is 42.7 Å². The Hall–Kier alpha value is -1.28. The highest BCUT2D eigenvalue weighted by atomic mass is 14.8. The second kappa shape index (κ2) is 3.36. The quantitative estimate of drug-likeness (QED) is 0.771. The number of nitrogens with two attached hydrogens (primary N) is 1. The fourth-order valence-electron chi connectivity index (χ4n) is 4.17. The van der Waals surface area contributed by atoms with E-state index in [4.69, 9.17) is 5.73 Å². The molecule has 17 heavy (non-hydrogen) atoms. The fraction of sp³-hybridized carbons (Fsp3) is 0.467. The number of hydrogen-bond donors (Lipinski definition) is 2. The molecule has 0 aliphatic heterocycles. The molecule has 0 amide bonds. The standard InChI is InChI=1S/C15H18N2/c16-15-10-6-5-9(7-10)14(15)12-8-17-13-4-2-1-3-11(12)13/h1-4,8-10,14-15,17H,5-7,16H2/t9-,10+,14+,15-/m1/s1. The molecule has 4 rings (SSSR count). The van der Waals surface area contributed by atoms with Crippen molar-refractivity contribution < 1.29 is 0 Å². The molecule has 0 unspecified atom stereocenters. The van der Waals surface area contributed by atoms with E-state index < -0.39 is 0 Å². The van der Waals surface area contributed by atoms with Gasteiger partial charge >= 0.3 is 0 Å². The van der Waals surface area contributed by atoms with E-state index in [1.165, 1.54) is 35.7 Å². The van der Waals surface area contributed by atoms with Crippen molar-refractivity contribution in [3.05, 3.63) is 36.0 Å². The highest BCUT2D eigenvalue weighted by Crippen LogP contribution is 2.53. The van der Waals surface area contributed by atoms with Crippen molar-refractivity contribution in [1.29, 1.82) is 0 Å². The number of H-pyrrole nitrogens is 1. The Bertz CT molecular complexity index is 555. The van der Waals surface area contributed by atoms with Gasteiger partial charge in [0, 0.05) is 29.1 Å². The Morgan fingerprint density at radius 2 is 1.94 bits per heavy atom. The second-order valence-electron chi connectivity index (χ2n) is 5.73. The minimum atomic E-state index is 0.382. The van der Waals surface area contributed by atoms with Crippen LogP contribution in [0.4, 0.5) is 0 Å². The van der Waals surface area contributed by atoms with E-state index in [1.807, 2.05) is 0 Å². The normalized spacial score (nSPS) is 35.8. The number of hydrogen-bond acceptors (Lipinski definition) is 1. The summed E-state index contributed by atoms with van der Waals surface area (Å²) in [6.07, 6.45) is 6.27. The van der Waals surface area contributed by atoms with Gasteiger partial charge in [-0.3, -0.25) is 0 Å². The highest BCUT2D eigenvalue weighted by molar-refractivity contribution is 5.83. The second-order valence-corrected chi connectivity index (χ2v) is 5.73. The molecule has 2 saturated carbocycles. The lowest BCUT2D eigenvalue weighted by molar-refractivity contribution is 0.367. The molecule has 2 aliphatic carbocycles. The monoisotopic (exact) mass is 226 g/mol. The lowest BCUT2D eigenvalue weighted by atomic mass is 9.80. The largest absolute Gasteiger partial charge is 0.361 e. The number of para-hydroxylation sites is 1. The van der Waals surface area contributed by atoms with Gasteiger partial charge in [0.25, 0.3) is 0 Å². The van der Waals surface area contributed by atoms with Crippen LogP contribution in [0.25, 0.3) is 10.9 Å². The molecule has 1 aromatic carbocycles. The molecule has 4 atom stereocenters. The lowest BCUT2D eigenvalue weighted by Crippen LogP contribution is -2.33. The van der Waals surface area contributed by atoms with Gasteiger partial charge in [0.1, 0.15) is 0 Å². The van der Waals surface area contributed by atoms with E-state index in [0.29, 0.717) is 12.0 Å². The zero-order chi connectivity index (χ0) is 11.4. The summed E-state index contributed by atoms with van der Waals surface area (Å²) < 4.78 is 0. The van der Waals surface area contributed by atoms with Crippen LogP contribution in [0.5, 0.6) is 0 Å². The van der Waals surface area contributed by atoms with Crippen molar-refractivity contribution in [3.63, 3.8) is 0 Å². The Balaban J connectivity index is 1.84. The average Bonchev–Trinajstić information content (AvgIpc) is 3.02. The molecule has 2 bridgehead atoms. The first-order valence-electron chi connectivity index (χ1n) is 6.66. The van der Waals surface area contributed by atoms with Crippen LogP contribution in [0.1, 0.15) is 30.7 Å². The van der Waals surface area contributed by atoms with Crippen molar-refractivity contribution in [2.45, 2.75) is 31.2 Å². The van der Waals surface area contributed by atoms with Crippen LogP contribution in [0, 0.1) is 11.8 Å². The number of aromatic amines is 1. The summed E-state index contributed by atoms with van der Waals surface area (Å²) in [5.74, 6) is 2.19. The summed E-state index contributed by atoms with van der Waals surface area (Å²) in [6.45, 7) is 0. The molecule has 1 heterocycles. The molecule has 2 aliphatic rings. The molecule has 2 heteroatoms. The third kappa shape index (κ3) is 1.25. The maximum Gasteiger partial charge on any atom is 0.0456 e. The zero-order valence-electron chi connectivity index (χ0n) is 9.89. The highest BCUT2D eigenvalue weighted by Gasteiger charge is 2.46. The van der Waals surface area contributed by atoms with Crippen molar-refractivity contribution in [2.24, 2.45) is 17.6 Å². The summed E-state index contributed by atoms with van der Waals surface area (Å²) in [7, 11) is 0. The van der Waals surface area contributed by atoms with E-state index in [2.05, 4.69) is 35.4 Å². The van der Waals surface area contributed by atoms with Gasteiger partial charge in [0.15, 0.2) is 0 Å². The molecular weight excluding hydrogens is 208 g/mol. The van der Waals surface area contributed by atoms with Crippen LogP contribution in [0.15, 0.2) is 30.5 Å². The van der Waals surface area contributed by atoms with E-state index in [-0.39, 0.29) is 0 Å². The SMILES string of the molecule is N[C@@H]1[C@H]2CC[C@H](C2)[C@H]1c1c[nH]c2ccccc12. The van der Waals surface area contributed by atoms with E-state index in [1.54, 1.807) is 0 Å². The first-order chi connectivity index (χ1) is 8.34. The summed E-state index contributed by atoms with van der Waals surface area (Å²) in [4.78, 5) is 3.39. The summed E-state index contributed by atoms with van der Waals surface area (Å²) >= 11 is 0.